The molecule has 1 amide bonds. The minimum Gasteiger partial charge on any atom is -0.480 e. The Hall–Kier alpha value is -2.86. The molecule has 31 heavy (non-hydrogen) atoms. The van der Waals surface area contributed by atoms with Crippen molar-refractivity contribution in [1.82, 2.24) is 5.32 Å². The fourth-order valence-electron chi connectivity index (χ4n) is 4.62. The quantitative estimate of drug-likeness (QED) is 0.642. The van der Waals surface area contributed by atoms with Gasteiger partial charge in [-0.3, -0.25) is 0 Å². The summed E-state index contributed by atoms with van der Waals surface area (Å²) in [5.41, 5.74) is 4.53. The minimum atomic E-state index is -1.08. The van der Waals surface area contributed by atoms with E-state index in [1.54, 1.807) is 0 Å². The first-order valence-electron chi connectivity index (χ1n) is 11.1. The highest BCUT2D eigenvalue weighted by atomic mass is 16.5. The zero-order valence-corrected chi connectivity index (χ0v) is 17.6. The average molecular weight is 424 g/mol. The maximum Gasteiger partial charge on any atom is 0.407 e. The molecule has 2 aliphatic rings. The Morgan fingerprint density at radius 2 is 1.58 bits per heavy atom. The highest BCUT2D eigenvalue weighted by molar-refractivity contribution is 5.81. The summed E-state index contributed by atoms with van der Waals surface area (Å²) in [5.74, 6) is -1.14. The lowest BCUT2D eigenvalue weighted by molar-refractivity contribution is -0.140. The van der Waals surface area contributed by atoms with Crippen LogP contribution in [0.1, 0.15) is 55.6 Å². The summed E-state index contributed by atoms with van der Waals surface area (Å²) in [6.07, 6.45) is 5.31. The zero-order chi connectivity index (χ0) is 21.6. The van der Waals surface area contributed by atoms with Gasteiger partial charge >= 0.3 is 12.1 Å². The van der Waals surface area contributed by atoms with Crippen molar-refractivity contribution in [3.05, 3.63) is 59.7 Å². The number of alkyl carbamates (subject to hydrolysis) is 1. The number of amides is 1. The number of carboxylic acids is 1. The third kappa shape index (κ3) is 5.07. The van der Waals surface area contributed by atoms with E-state index in [0.717, 1.165) is 47.9 Å². The fourth-order valence-corrected chi connectivity index (χ4v) is 4.62. The van der Waals surface area contributed by atoms with E-state index in [1.165, 1.54) is 6.42 Å². The van der Waals surface area contributed by atoms with Crippen molar-refractivity contribution < 1.29 is 24.2 Å². The summed E-state index contributed by atoms with van der Waals surface area (Å²) >= 11 is 0. The number of benzene rings is 2. The summed E-state index contributed by atoms with van der Waals surface area (Å²) in [6, 6.07) is 15.2. The molecule has 0 unspecified atom stereocenters. The van der Waals surface area contributed by atoms with Crippen LogP contribution in [0.4, 0.5) is 4.79 Å². The van der Waals surface area contributed by atoms with Crippen LogP contribution in [0.5, 0.6) is 0 Å². The zero-order valence-electron chi connectivity index (χ0n) is 17.6. The molecule has 0 saturated heterocycles. The van der Waals surface area contributed by atoms with Gasteiger partial charge in [-0.25, -0.2) is 9.59 Å². The van der Waals surface area contributed by atoms with Gasteiger partial charge in [-0.2, -0.15) is 0 Å². The van der Waals surface area contributed by atoms with Gasteiger partial charge in [0.1, 0.15) is 12.6 Å². The van der Waals surface area contributed by atoms with Crippen LogP contribution in [0, 0.1) is 0 Å². The van der Waals surface area contributed by atoms with Gasteiger partial charge in [0.25, 0.3) is 0 Å². The van der Waals surface area contributed by atoms with E-state index in [0.29, 0.717) is 6.61 Å². The van der Waals surface area contributed by atoms with E-state index in [9.17, 15) is 14.7 Å². The molecule has 2 N–H and O–H groups in total. The first kappa shape index (κ1) is 21.4. The Morgan fingerprint density at radius 3 is 2.19 bits per heavy atom. The van der Waals surface area contributed by atoms with Gasteiger partial charge in [-0.1, -0.05) is 67.8 Å². The van der Waals surface area contributed by atoms with Crippen LogP contribution in [0.2, 0.25) is 0 Å². The lowest BCUT2D eigenvalue weighted by Crippen LogP contribution is -2.42. The third-order valence-electron chi connectivity index (χ3n) is 6.25. The maximum atomic E-state index is 12.4. The molecule has 2 aromatic carbocycles. The number of carbonyl (C=O) groups is 2. The molecule has 6 heteroatoms. The molecule has 0 aliphatic heterocycles. The molecule has 0 bridgehead atoms. The van der Waals surface area contributed by atoms with Crippen LogP contribution in [-0.4, -0.2) is 42.5 Å². The van der Waals surface area contributed by atoms with Gasteiger partial charge in [0, 0.05) is 18.9 Å². The van der Waals surface area contributed by atoms with Crippen molar-refractivity contribution in [2.75, 3.05) is 13.2 Å². The second kappa shape index (κ2) is 9.96. The van der Waals surface area contributed by atoms with Crippen molar-refractivity contribution in [1.29, 1.82) is 0 Å². The smallest absolute Gasteiger partial charge is 0.407 e. The highest BCUT2D eigenvalue weighted by Gasteiger charge is 2.29. The number of aliphatic carboxylic acids is 1. The Bertz CT molecular complexity index is 876. The number of nitrogens with one attached hydrogen (secondary N) is 1. The summed E-state index contributed by atoms with van der Waals surface area (Å²) < 4.78 is 11.3. The summed E-state index contributed by atoms with van der Waals surface area (Å²) in [6.45, 7) is 0.468. The van der Waals surface area contributed by atoms with Gasteiger partial charge in [-0.05, 0) is 35.1 Å². The molecular formula is C25H29NO5. The lowest BCUT2D eigenvalue weighted by atomic mass is 9.98. The SMILES string of the molecule is O=C(N[C@@H](CCOC1CCCCC1)C(=O)O)OCC1c2ccccc2-c2ccccc21. The lowest BCUT2D eigenvalue weighted by Gasteiger charge is -2.23. The van der Waals surface area contributed by atoms with Crippen LogP contribution in [0.3, 0.4) is 0 Å². The van der Waals surface area contributed by atoms with Gasteiger partial charge in [0.05, 0.1) is 6.10 Å². The van der Waals surface area contributed by atoms with Gasteiger partial charge in [0.2, 0.25) is 0 Å². The van der Waals surface area contributed by atoms with Crippen LogP contribution in [0.25, 0.3) is 11.1 Å². The number of hydrogen-bond acceptors (Lipinski definition) is 4. The van der Waals surface area contributed by atoms with Crippen molar-refractivity contribution in [3.8, 4) is 11.1 Å². The van der Waals surface area contributed by atoms with E-state index in [4.69, 9.17) is 9.47 Å². The van der Waals surface area contributed by atoms with Gasteiger partial charge in [0.15, 0.2) is 0 Å². The van der Waals surface area contributed by atoms with Crippen LogP contribution >= 0.6 is 0 Å². The number of rotatable bonds is 8. The minimum absolute atomic E-state index is 0.0592. The molecule has 6 nitrogen and oxygen atoms in total. The van der Waals surface area contributed by atoms with Gasteiger partial charge < -0.3 is 19.9 Å². The average Bonchev–Trinajstić information content (AvgIpc) is 3.11. The molecule has 4 rings (SSSR count). The molecule has 0 radical (unpaired) electrons. The molecule has 1 atom stereocenters. The van der Waals surface area contributed by atoms with Crippen LogP contribution < -0.4 is 5.32 Å². The monoisotopic (exact) mass is 423 g/mol. The second-order valence-electron chi connectivity index (χ2n) is 8.28. The number of carboxylic acid groups (broad SMARTS) is 1. The maximum absolute atomic E-state index is 12.4. The van der Waals surface area contributed by atoms with Gasteiger partial charge in [-0.15, -0.1) is 0 Å². The number of fused-ring (bicyclic) bond motifs is 3. The Balaban J connectivity index is 1.31. The Kier molecular flexibility index (Phi) is 6.87. The first-order chi connectivity index (χ1) is 15.1. The molecule has 1 fully saturated rings. The molecule has 2 aromatic rings. The predicted molar refractivity (Wildman–Crippen MR) is 117 cm³/mol. The Morgan fingerprint density at radius 1 is 0.968 bits per heavy atom. The van der Waals surface area contributed by atoms with E-state index < -0.39 is 18.1 Å². The standard InChI is InChI=1S/C25H29NO5/c27-24(28)23(14-15-30-17-8-2-1-3-9-17)26-25(29)31-16-22-20-12-6-4-10-18(20)19-11-5-7-13-21(19)22/h4-7,10-13,17,22-23H,1-3,8-9,14-16H2,(H,26,29)(H,27,28)/t23-/m0/s1. The Labute approximate surface area is 182 Å². The molecule has 0 aromatic heterocycles. The fraction of sp³-hybridized carbons (Fsp3) is 0.440. The largest absolute Gasteiger partial charge is 0.480 e. The summed E-state index contributed by atoms with van der Waals surface area (Å²) in [5, 5.41) is 12.0. The topological polar surface area (TPSA) is 84.9 Å². The predicted octanol–water partition coefficient (Wildman–Crippen LogP) is 4.72. The number of ether oxygens (including phenoxy) is 2. The molecule has 0 heterocycles. The first-order valence-corrected chi connectivity index (χ1v) is 11.1. The molecule has 164 valence electrons. The molecule has 1 saturated carbocycles. The summed E-state index contributed by atoms with van der Waals surface area (Å²) in [4.78, 5) is 23.9. The van der Waals surface area contributed by atoms with E-state index >= 15 is 0 Å². The van der Waals surface area contributed by atoms with Crippen LogP contribution in [0.15, 0.2) is 48.5 Å². The number of carbonyl (C=O) groups excluding carboxylic acids is 1. The van der Waals surface area contributed by atoms with E-state index in [-0.39, 0.29) is 25.0 Å². The van der Waals surface area contributed by atoms with E-state index in [1.807, 2.05) is 36.4 Å². The van der Waals surface area contributed by atoms with Crippen molar-refractivity contribution >= 4 is 12.1 Å². The third-order valence-corrected chi connectivity index (χ3v) is 6.25. The second-order valence-corrected chi connectivity index (χ2v) is 8.28. The summed E-state index contributed by atoms with van der Waals surface area (Å²) in [7, 11) is 0. The van der Waals surface area contributed by atoms with Crippen LogP contribution in [-0.2, 0) is 14.3 Å². The van der Waals surface area contributed by atoms with E-state index in [2.05, 4.69) is 17.4 Å². The van der Waals surface area contributed by atoms with Crippen molar-refractivity contribution in [3.63, 3.8) is 0 Å². The molecule has 0 spiro atoms. The highest BCUT2D eigenvalue weighted by Crippen LogP contribution is 2.44. The van der Waals surface area contributed by atoms with Crippen molar-refractivity contribution in [2.24, 2.45) is 0 Å². The molecular weight excluding hydrogens is 394 g/mol. The molecule has 2 aliphatic carbocycles. The number of hydrogen-bond donors (Lipinski definition) is 2. The van der Waals surface area contributed by atoms with Crippen molar-refractivity contribution in [2.45, 2.75) is 56.6 Å². The normalized spacial score (nSPS) is 16.9.